The molecular formula is C28H31Cl2F2NO3. The summed E-state index contributed by atoms with van der Waals surface area (Å²) in [5.74, 6) is -4.68. The Kier molecular flexibility index (Phi) is 7.42. The Morgan fingerprint density at radius 1 is 1.08 bits per heavy atom. The van der Waals surface area contributed by atoms with Crippen molar-refractivity contribution in [3.63, 3.8) is 0 Å². The van der Waals surface area contributed by atoms with Crippen LogP contribution in [0, 0.1) is 11.3 Å². The number of alkyl halides is 2. The summed E-state index contributed by atoms with van der Waals surface area (Å²) in [6, 6.07) is 12.0. The number of benzene rings is 2. The highest BCUT2D eigenvalue weighted by atomic mass is 35.5. The molecule has 2 saturated carbocycles. The Hall–Kier alpha value is -2.18. The normalized spacial score (nSPS) is 21.0. The van der Waals surface area contributed by atoms with Crippen LogP contribution in [0.5, 0.6) is 0 Å². The zero-order valence-corrected chi connectivity index (χ0v) is 22.2. The second-order valence-electron chi connectivity index (χ2n) is 11.2. The molecule has 2 fully saturated rings. The number of carbonyl (C=O) groups is 2. The fourth-order valence-electron chi connectivity index (χ4n) is 4.95. The van der Waals surface area contributed by atoms with Gasteiger partial charge in [0.2, 0.25) is 11.8 Å². The first kappa shape index (κ1) is 26.9. The number of carbonyl (C=O) groups excluding carboxylic acids is 2. The lowest BCUT2D eigenvalue weighted by Gasteiger charge is -2.25. The molecule has 0 radical (unpaired) electrons. The van der Waals surface area contributed by atoms with Crippen molar-refractivity contribution in [2.45, 2.75) is 76.7 Å². The zero-order valence-electron chi connectivity index (χ0n) is 20.7. The number of esters is 1. The largest absolute Gasteiger partial charge is 0.460 e. The third kappa shape index (κ3) is 6.38. The van der Waals surface area contributed by atoms with E-state index in [0.717, 1.165) is 18.4 Å². The molecule has 2 atom stereocenters. The van der Waals surface area contributed by atoms with E-state index in [2.05, 4.69) is 5.32 Å². The van der Waals surface area contributed by atoms with Crippen molar-refractivity contribution < 1.29 is 23.1 Å². The average Bonchev–Trinajstić information content (AvgIpc) is 3.47. The quantitative estimate of drug-likeness (QED) is 0.366. The van der Waals surface area contributed by atoms with Gasteiger partial charge in [0.05, 0.1) is 22.0 Å². The number of hydrogen-bond acceptors (Lipinski definition) is 3. The van der Waals surface area contributed by atoms with Gasteiger partial charge in [-0.25, -0.2) is 8.78 Å². The standard InChI is InChI=1S/C28H31Cl2F2NO3/c1-26(2,3)36-25(35)27(12-13-27)15-17-4-9-21(30)22(14-17)33-24(34)23(18-5-7-20(29)8-6-18)19-10-11-28(31,32)16-19/h4-9,14,19,23H,10-13,15-16H2,1-3H3,(H,33,34). The Morgan fingerprint density at radius 2 is 1.75 bits per heavy atom. The molecule has 2 aliphatic rings. The summed E-state index contributed by atoms with van der Waals surface area (Å²) in [6.45, 7) is 5.52. The Balaban J connectivity index is 1.55. The van der Waals surface area contributed by atoms with Crippen LogP contribution in [0.15, 0.2) is 42.5 Å². The molecule has 0 bridgehead atoms. The smallest absolute Gasteiger partial charge is 0.312 e. The molecule has 0 spiro atoms. The molecule has 4 nitrogen and oxygen atoms in total. The van der Waals surface area contributed by atoms with Gasteiger partial charge in [0.1, 0.15) is 5.60 Å². The maximum Gasteiger partial charge on any atom is 0.312 e. The van der Waals surface area contributed by atoms with Crippen LogP contribution in [0.3, 0.4) is 0 Å². The highest BCUT2D eigenvalue weighted by Crippen LogP contribution is 2.50. The Morgan fingerprint density at radius 3 is 2.31 bits per heavy atom. The van der Waals surface area contributed by atoms with Crippen LogP contribution >= 0.6 is 23.2 Å². The minimum absolute atomic E-state index is 0.222. The predicted octanol–water partition coefficient (Wildman–Crippen LogP) is 7.82. The number of ether oxygens (including phenoxy) is 1. The van der Waals surface area contributed by atoms with Crippen molar-refractivity contribution in [3.05, 3.63) is 63.6 Å². The molecule has 1 N–H and O–H groups in total. The van der Waals surface area contributed by atoms with E-state index in [1.807, 2.05) is 26.8 Å². The van der Waals surface area contributed by atoms with E-state index in [4.69, 9.17) is 27.9 Å². The van der Waals surface area contributed by atoms with E-state index >= 15 is 0 Å². The molecule has 36 heavy (non-hydrogen) atoms. The van der Waals surface area contributed by atoms with Crippen molar-refractivity contribution >= 4 is 40.8 Å². The maximum atomic E-state index is 14.1. The number of hydrogen-bond donors (Lipinski definition) is 1. The molecule has 0 aromatic heterocycles. The van der Waals surface area contributed by atoms with Crippen LogP contribution in [0.25, 0.3) is 0 Å². The van der Waals surface area contributed by atoms with Gasteiger partial charge >= 0.3 is 5.97 Å². The second kappa shape index (κ2) is 9.94. The molecule has 194 valence electrons. The van der Waals surface area contributed by atoms with Gasteiger partial charge in [-0.15, -0.1) is 0 Å². The van der Waals surface area contributed by atoms with Crippen LogP contribution in [-0.2, 0) is 20.7 Å². The number of nitrogens with one attached hydrogen (secondary N) is 1. The molecule has 0 heterocycles. The molecule has 2 unspecified atom stereocenters. The maximum absolute atomic E-state index is 14.1. The second-order valence-corrected chi connectivity index (χ2v) is 12.0. The molecule has 2 aliphatic carbocycles. The van der Waals surface area contributed by atoms with Gasteiger partial charge in [-0.2, -0.15) is 0 Å². The zero-order chi connectivity index (χ0) is 26.3. The monoisotopic (exact) mass is 537 g/mol. The van der Waals surface area contributed by atoms with E-state index in [1.165, 1.54) is 0 Å². The minimum atomic E-state index is -2.78. The van der Waals surface area contributed by atoms with Crippen LogP contribution in [-0.4, -0.2) is 23.4 Å². The van der Waals surface area contributed by atoms with Gasteiger partial charge in [-0.3, -0.25) is 9.59 Å². The average molecular weight is 538 g/mol. The van der Waals surface area contributed by atoms with Gasteiger partial charge < -0.3 is 10.1 Å². The number of rotatable bonds is 7. The third-order valence-corrected chi connectivity index (χ3v) is 7.52. The first-order valence-corrected chi connectivity index (χ1v) is 13.0. The molecule has 1 amide bonds. The summed E-state index contributed by atoms with van der Waals surface area (Å²) in [7, 11) is 0. The molecule has 0 aliphatic heterocycles. The number of anilines is 1. The van der Waals surface area contributed by atoms with Crippen molar-refractivity contribution in [1.82, 2.24) is 0 Å². The van der Waals surface area contributed by atoms with Crippen LogP contribution in [0.1, 0.15) is 69.9 Å². The summed E-state index contributed by atoms with van der Waals surface area (Å²) in [5.41, 5.74) is 0.730. The van der Waals surface area contributed by atoms with Crippen LogP contribution < -0.4 is 5.32 Å². The summed E-state index contributed by atoms with van der Waals surface area (Å²) >= 11 is 12.4. The van der Waals surface area contributed by atoms with E-state index in [1.54, 1.807) is 36.4 Å². The van der Waals surface area contributed by atoms with Crippen molar-refractivity contribution in [3.8, 4) is 0 Å². The van der Waals surface area contributed by atoms with Gasteiger partial charge in [0.25, 0.3) is 0 Å². The lowest BCUT2D eigenvalue weighted by atomic mass is 9.84. The molecule has 0 saturated heterocycles. The van der Waals surface area contributed by atoms with E-state index in [0.29, 0.717) is 27.7 Å². The summed E-state index contributed by atoms with van der Waals surface area (Å²) in [6.07, 6.45) is 1.61. The van der Waals surface area contributed by atoms with Crippen LogP contribution in [0.2, 0.25) is 10.0 Å². The van der Waals surface area contributed by atoms with Crippen LogP contribution in [0.4, 0.5) is 14.5 Å². The van der Waals surface area contributed by atoms with Gasteiger partial charge in [-0.05, 0) is 87.8 Å². The molecule has 2 aromatic carbocycles. The molecule has 4 rings (SSSR count). The van der Waals surface area contributed by atoms with Gasteiger partial charge in [0, 0.05) is 17.9 Å². The van der Waals surface area contributed by atoms with E-state index in [-0.39, 0.29) is 25.2 Å². The fourth-order valence-corrected chi connectivity index (χ4v) is 5.24. The summed E-state index contributed by atoms with van der Waals surface area (Å²) in [5, 5.41) is 3.71. The molecule has 8 heteroatoms. The molecule has 2 aromatic rings. The van der Waals surface area contributed by atoms with E-state index < -0.39 is 34.7 Å². The number of amides is 1. The Bertz CT molecular complexity index is 1140. The predicted molar refractivity (Wildman–Crippen MR) is 138 cm³/mol. The van der Waals surface area contributed by atoms with Crippen molar-refractivity contribution in [2.24, 2.45) is 11.3 Å². The first-order chi connectivity index (χ1) is 16.8. The summed E-state index contributed by atoms with van der Waals surface area (Å²) < 4.78 is 33.7. The minimum Gasteiger partial charge on any atom is -0.460 e. The highest BCUT2D eigenvalue weighted by molar-refractivity contribution is 6.33. The van der Waals surface area contributed by atoms with Crippen molar-refractivity contribution in [2.75, 3.05) is 5.32 Å². The third-order valence-electron chi connectivity index (χ3n) is 6.94. The lowest BCUT2D eigenvalue weighted by molar-refractivity contribution is -0.161. The SMILES string of the molecule is CC(C)(C)OC(=O)C1(Cc2ccc(Cl)c(NC(=O)C(c3ccc(Cl)cc3)C3CCC(F)(F)C3)c2)CC1. The van der Waals surface area contributed by atoms with Gasteiger partial charge in [0.15, 0.2) is 0 Å². The highest BCUT2D eigenvalue weighted by Gasteiger charge is 2.52. The lowest BCUT2D eigenvalue weighted by Crippen LogP contribution is -2.31. The first-order valence-electron chi connectivity index (χ1n) is 12.2. The topological polar surface area (TPSA) is 55.4 Å². The fraction of sp³-hybridized carbons (Fsp3) is 0.500. The van der Waals surface area contributed by atoms with Gasteiger partial charge in [-0.1, -0.05) is 41.4 Å². The molecular weight excluding hydrogens is 507 g/mol. The van der Waals surface area contributed by atoms with Crippen molar-refractivity contribution in [1.29, 1.82) is 0 Å². The number of halogens is 4. The van der Waals surface area contributed by atoms with E-state index in [9.17, 15) is 18.4 Å². The summed E-state index contributed by atoms with van der Waals surface area (Å²) in [4.78, 5) is 26.3. The Labute approximate surface area is 220 Å².